The van der Waals surface area contributed by atoms with E-state index in [4.69, 9.17) is 16.1 Å². The number of hydrogen-bond acceptors (Lipinski definition) is 7. The predicted molar refractivity (Wildman–Crippen MR) is 98.1 cm³/mol. The lowest BCUT2D eigenvalue weighted by Crippen LogP contribution is -2.48. The van der Waals surface area contributed by atoms with E-state index in [1.165, 1.54) is 17.3 Å². The van der Waals surface area contributed by atoms with Crippen molar-refractivity contribution < 1.29 is 17.9 Å². The summed E-state index contributed by atoms with van der Waals surface area (Å²) in [4.78, 5) is 12.4. The van der Waals surface area contributed by atoms with Gasteiger partial charge in [-0.05, 0) is 19.9 Å². The molecule has 0 saturated carbocycles. The molecule has 1 fully saturated rings. The van der Waals surface area contributed by atoms with Gasteiger partial charge >= 0.3 is 0 Å². The zero-order chi connectivity index (χ0) is 19.8. The molecule has 3 rings (SSSR count). The van der Waals surface area contributed by atoms with Crippen molar-refractivity contribution in [2.45, 2.75) is 25.3 Å². The van der Waals surface area contributed by atoms with E-state index in [1.807, 2.05) is 13.0 Å². The number of nitro groups is 1. The van der Waals surface area contributed by atoms with Gasteiger partial charge in [-0.15, -0.1) is 0 Å². The minimum Gasteiger partial charge on any atom is -0.360 e. The maximum atomic E-state index is 12.9. The lowest BCUT2D eigenvalue weighted by Gasteiger charge is -2.33. The molecule has 1 aromatic heterocycles. The monoisotopic (exact) mass is 414 g/mol. The second kappa shape index (κ2) is 7.55. The summed E-state index contributed by atoms with van der Waals surface area (Å²) in [6.45, 7) is 5.45. The van der Waals surface area contributed by atoms with E-state index >= 15 is 0 Å². The smallest absolute Gasteiger partial charge is 0.275 e. The quantitative estimate of drug-likeness (QED) is 0.545. The van der Waals surface area contributed by atoms with Crippen molar-refractivity contribution in [1.82, 2.24) is 14.4 Å². The Bertz CT molecular complexity index is 967. The molecular formula is C16H19ClN4O5S. The first-order valence-electron chi connectivity index (χ1n) is 8.27. The second-order valence-corrected chi connectivity index (χ2v) is 8.77. The third-order valence-electron chi connectivity index (χ3n) is 4.51. The van der Waals surface area contributed by atoms with Crippen molar-refractivity contribution in [3.05, 3.63) is 50.4 Å². The molecule has 1 aliphatic rings. The van der Waals surface area contributed by atoms with Gasteiger partial charge in [0.25, 0.3) is 5.69 Å². The molecule has 0 atom stereocenters. The van der Waals surface area contributed by atoms with Crippen LogP contribution in [0.2, 0.25) is 5.02 Å². The molecule has 1 aliphatic heterocycles. The molecule has 0 spiro atoms. The molecule has 2 heterocycles. The van der Waals surface area contributed by atoms with Crippen LogP contribution in [0.25, 0.3) is 0 Å². The van der Waals surface area contributed by atoms with Crippen molar-refractivity contribution in [3.63, 3.8) is 0 Å². The molecule has 1 aromatic carbocycles. The van der Waals surface area contributed by atoms with Crippen molar-refractivity contribution in [2.24, 2.45) is 0 Å². The maximum absolute atomic E-state index is 12.9. The molecule has 11 heteroatoms. The van der Waals surface area contributed by atoms with Crippen LogP contribution in [0.1, 0.15) is 17.0 Å². The average Bonchev–Trinajstić information content (AvgIpc) is 3.02. The van der Waals surface area contributed by atoms with Crippen molar-refractivity contribution in [2.75, 3.05) is 26.2 Å². The normalized spacial score (nSPS) is 16.6. The van der Waals surface area contributed by atoms with Crippen molar-refractivity contribution in [3.8, 4) is 0 Å². The number of nitrogens with zero attached hydrogens (tertiary/aromatic N) is 4. The first-order chi connectivity index (χ1) is 12.7. The van der Waals surface area contributed by atoms with Gasteiger partial charge in [-0.2, -0.15) is 4.31 Å². The predicted octanol–water partition coefficient (Wildman–Crippen LogP) is 2.36. The third-order valence-corrected chi connectivity index (χ3v) is 6.78. The summed E-state index contributed by atoms with van der Waals surface area (Å²) in [5.41, 5.74) is 0.734. The summed E-state index contributed by atoms with van der Waals surface area (Å²) < 4.78 is 32.3. The molecule has 2 aromatic rings. The summed E-state index contributed by atoms with van der Waals surface area (Å²) in [6.07, 6.45) is 0. The summed E-state index contributed by atoms with van der Waals surface area (Å²) in [5.74, 6) is 0.727. The zero-order valence-electron chi connectivity index (χ0n) is 14.9. The number of rotatable bonds is 5. The van der Waals surface area contributed by atoms with Gasteiger partial charge < -0.3 is 4.52 Å². The van der Waals surface area contributed by atoms with E-state index in [0.717, 1.165) is 17.5 Å². The summed E-state index contributed by atoms with van der Waals surface area (Å²) in [6, 6.07) is 4.18. The first-order valence-corrected chi connectivity index (χ1v) is 10.1. The first kappa shape index (κ1) is 19.7. The highest BCUT2D eigenvalue weighted by atomic mass is 35.5. The van der Waals surface area contributed by atoms with E-state index in [-0.39, 0.29) is 34.3 Å². The standard InChI is InChI=1S/C16H19ClN4O5S/c1-11-7-13(26-18-11)10-19-3-5-20(6-4-19)27(24,25)14-8-15(17)12(2)16(9-14)21(22)23/h7-9H,3-6,10H2,1-2H3. The highest BCUT2D eigenvalue weighted by Crippen LogP contribution is 2.31. The lowest BCUT2D eigenvalue weighted by molar-refractivity contribution is -0.385. The number of halogens is 1. The fourth-order valence-corrected chi connectivity index (χ4v) is 4.72. The summed E-state index contributed by atoms with van der Waals surface area (Å²) in [7, 11) is -3.87. The SMILES string of the molecule is Cc1cc(CN2CCN(S(=O)(=O)c3cc(Cl)c(C)c([N+](=O)[O-])c3)CC2)on1. The van der Waals surface area contributed by atoms with Gasteiger partial charge in [0.05, 0.1) is 27.1 Å². The van der Waals surface area contributed by atoms with Gasteiger partial charge in [0.1, 0.15) is 0 Å². The molecule has 146 valence electrons. The minimum atomic E-state index is -3.87. The number of piperazine rings is 1. The Morgan fingerprint density at radius 1 is 1.22 bits per heavy atom. The van der Waals surface area contributed by atoms with Crippen molar-refractivity contribution in [1.29, 1.82) is 0 Å². The highest BCUT2D eigenvalue weighted by molar-refractivity contribution is 7.89. The molecular weight excluding hydrogens is 396 g/mol. The Balaban J connectivity index is 1.74. The van der Waals surface area contributed by atoms with Gasteiger partial charge in [0, 0.05) is 43.9 Å². The molecule has 0 bridgehead atoms. The number of benzene rings is 1. The fourth-order valence-electron chi connectivity index (χ4n) is 2.97. The van der Waals surface area contributed by atoms with Crippen LogP contribution in [0.3, 0.4) is 0 Å². The van der Waals surface area contributed by atoms with E-state index in [9.17, 15) is 18.5 Å². The van der Waals surface area contributed by atoms with E-state index < -0.39 is 14.9 Å². The molecule has 0 amide bonds. The van der Waals surface area contributed by atoms with Crippen LogP contribution >= 0.6 is 11.6 Å². The number of hydrogen-bond donors (Lipinski definition) is 0. The van der Waals surface area contributed by atoms with E-state index in [1.54, 1.807) is 0 Å². The molecule has 0 radical (unpaired) electrons. The van der Waals surface area contributed by atoms with Gasteiger partial charge in [-0.1, -0.05) is 16.8 Å². The van der Waals surface area contributed by atoms with E-state index in [2.05, 4.69) is 10.1 Å². The zero-order valence-corrected chi connectivity index (χ0v) is 16.5. The third kappa shape index (κ3) is 4.13. The second-order valence-electron chi connectivity index (χ2n) is 6.42. The summed E-state index contributed by atoms with van der Waals surface area (Å²) in [5, 5.41) is 15.1. The van der Waals surface area contributed by atoms with Gasteiger partial charge in [0.2, 0.25) is 10.0 Å². The number of sulfonamides is 1. The largest absolute Gasteiger partial charge is 0.360 e. The molecule has 1 saturated heterocycles. The lowest BCUT2D eigenvalue weighted by atomic mass is 10.2. The van der Waals surface area contributed by atoms with Crippen LogP contribution in [-0.4, -0.2) is 53.9 Å². The number of aromatic nitrogens is 1. The van der Waals surface area contributed by atoms with Crippen LogP contribution in [0.15, 0.2) is 27.6 Å². The topological polar surface area (TPSA) is 110 Å². The Hall–Kier alpha value is -2.01. The fraction of sp³-hybridized carbons (Fsp3) is 0.438. The Morgan fingerprint density at radius 2 is 1.89 bits per heavy atom. The van der Waals surface area contributed by atoms with Crippen LogP contribution in [-0.2, 0) is 16.6 Å². The summed E-state index contributed by atoms with van der Waals surface area (Å²) >= 11 is 6.01. The van der Waals surface area contributed by atoms with Crippen LogP contribution in [0, 0.1) is 24.0 Å². The van der Waals surface area contributed by atoms with Crippen molar-refractivity contribution >= 4 is 27.3 Å². The van der Waals surface area contributed by atoms with Gasteiger partial charge in [0.15, 0.2) is 5.76 Å². The molecule has 0 unspecified atom stereocenters. The van der Waals surface area contributed by atoms with Crippen LogP contribution in [0.4, 0.5) is 5.69 Å². The number of aryl methyl sites for hydroxylation is 1. The molecule has 27 heavy (non-hydrogen) atoms. The number of nitro benzene ring substituents is 1. The maximum Gasteiger partial charge on any atom is 0.275 e. The molecule has 0 N–H and O–H groups in total. The van der Waals surface area contributed by atoms with E-state index in [0.29, 0.717) is 19.6 Å². The molecule has 0 aliphatic carbocycles. The van der Waals surface area contributed by atoms with Crippen LogP contribution < -0.4 is 0 Å². The van der Waals surface area contributed by atoms with Crippen LogP contribution in [0.5, 0.6) is 0 Å². The Morgan fingerprint density at radius 3 is 2.44 bits per heavy atom. The highest BCUT2D eigenvalue weighted by Gasteiger charge is 2.31. The Kier molecular flexibility index (Phi) is 5.52. The minimum absolute atomic E-state index is 0.0575. The molecule has 9 nitrogen and oxygen atoms in total. The Labute approximate surface area is 161 Å². The van der Waals surface area contributed by atoms with Gasteiger partial charge in [-0.25, -0.2) is 8.42 Å². The van der Waals surface area contributed by atoms with Gasteiger partial charge in [-0.3, -0.25) is 15.0 Å². The average molecular weight is 415 g/mol.